The van der Waals surface area contributed by atoms with Gasteiger partial charge in [-0.25, -0.2) is 8.78 Å². The molecular formula is C15H11BrF2N2. The van der Waals surface area contributed by atoms with Gasteiger partial charge in [0.1, 0.15) is 11.6 Å². The highest BCUT2D eigenvalue weighted by Crippen LogP contribution is 2.30. The maximum Gasteiger partial charge on any atom is 0.150 e. The largest absolute Gasteiger partial charge is 0.375 e. The van der Waals surface area contributed by atoms with Crippen molar-refractivity contribution in [1.29, 1.82) is 5.26 Å². The highest BCUT2D eigenvalue weighted by atomic mass is 79.9. The van der Waals surface area contributed by atoms with Gasteiger partial charge in [-0.05, 0) is 46.6 Å². The molecule has 2 rings (SSSR count). The number of nitrogens with one attached hydrogen (secondary N) is 1. The Morgan fingerprint density at radius 2 is 2.00 bits per heavy atom. The van der Waals surface area contributed by atoms with Crippen LogP contribution in [-0.2, 0) is 0 Å². The van der Waals surface area contributed by atoms with Gasteiger partial charge in [-0.3, -0.25) is 0 Å². The molecule has 0 aliphatic carbocycles. The summed E-state index contributed by atoms with van der Waals surface area (Å²) in [6.45, 7) is 1.84. The maximum absolute atomic E-state index is 13.7. The predicted molar refractivity (Wildman–Crippen MR) is 77.3 cm³/mol. The van der Waals surface area contributed by atoms with Crippen LogP contribution in [0.3, 0.4) is 0 Å². The van der Waals surface area contributed by atoms with Crippen molar-refractivity contribution in [3.63, 3.8) is 0 Å². The number of hydrogen-bond acceptors (Lipinski definition) is 2. The van der Waals surface area contributed by atoms with Gasteiger partial charge in [-0.1, -0.05) is 12.1 Å². The molecule has 1 atom stereocenters. The van der Waals surface area contributed by atoms with Crippen LogP contribution in [0.1, 0.15) is 24.1 Å². The third-order valence-corrected chi connectivity index (χ3v) is 3.51. The number of anilines is 1. The lowest BCUT2D eigenvalue weighted by atomic mass is 10.1. The van der Waals surface area contributed by atoms with Crippen molar-refractivity contribution in [2.45, 2.75) is 13.0 Å². The standard InChI is InChI=1S/C15H11BrF2N2/c1-9(11-4-2-3-10(5-11)8-19)20-15-13(16)6-12(17)7-14(15)18/h2-7,9,20H,1H3. The van der Waals surface area contributed by atoms with E-state index in [2.05, 4.69) is 27.3 Å². The van der Waals surface area contributed by atoms with Crippen LogP contribution < -0.4 is 5.32 Å². The fourth-order valence-electron chi connectivity index (χ4n) is 1.86. The number of rotatable bonds is 3. The SMILES string of the molecule is CC(Nc1c(F)cc(F)cc1Br)c1cccc(C#N)c1. The fraction of sp³-hybridized carbons (Fsp3) is 0.133. The molecule has 0 amide bonds. The first-order valence-electron chi connectivity index (χ1n) is 5.92. The van der Waals surface area contributed by atoms with Gasteiger partial charge in [0.15, 0.2) is 0 Å². The number of hydrogen-bond donors (Lipinski definition) is 1. The quantitative estimate of drug-likeness (QED) is 0.876. The summed E-state index contributed by atoms with van der Waals surface area (Å²) in [5.41, 5.74) is 1.58. The lowest BCUT2D eigenvalue weighted by Gasteiger charge is -2.17. The Morgan fingerprint density at radius 3 is 2.65 bits per heavy atom. The third-order valence-electron chi connectivity index (χ3n) is 2.88. The normalized spacial score (nSPS) is 11.8. The zero-order chi connectivity index (χ0) is 14.7. The first kappa shape index (κ1) is 14.5. The summed E-state index contributed by atoms with van der Waals surface area (Å²) in [4.78, 5) is 0. The number of nitriles is 1. The van der Waals surface area contributed by atoms with Gasteiger partial charge in [0.25, 0.3) is 0 Å². The maximum atomic E-state index is 13.7. The molecule has 20 heavy (non-hydrogen) atoms. The summed E-state index contributed by atoms with van der Waals surface area (Å²) in [6.07, 6.45) is 0. The summed E-state index contributed by atoms with van der Waals surface area (Å²) in [5.74, 6) is -1.31. The molecule has 0 saturated heterocycles. The Morgan fingerprint density at radius 1 is 1.25 bits per heavy atom. The molecule has 0 heterocycles. The monoisotopic (exact) mass is 336 g/mol. The van der Waals surface area contributed by atoms with E-state index in [-0.39, 0.29) is 11.7 Å². The van der Waals surface area contributed by atoms with Gasteiger partial charge in [0.05, 0.1) is 17.3 Å². The Balaban J connectivity index is 2.28. The van der Waals surface area contributed by atoms with Crippen molar-refractivity contribution in [2.75, 3.05) is 5.32 Å². The van der Waals surface area contributed by atoms with Crippen LogP contribution in [0, 0.1) is 23.0 Å². The topological polar surface area (TPSA) is 35.8 Å². The molecule has 0 aliphatic heterocycles. The minimum Gasteiger partial charge on any atom is -0.375 e. The van der Waals surface area contributed by atoms with Crippen LogP contribution in [0.2, 0.25) is 0 Å². The Bertz CT molecular complexity index is 657. The van der Waals surface area contributed by atoms with Gasteiger partial charge in [0, 0.05) is 16.6 Å². The highest BCUT2D eigenvalue weighted by molar-refractivity contribution is 9.10. The van der Waals surface area contributed by atoms with E-state index in [0.717, 1.165) is 11.6 Å². The zero-order valence-electron chi connectivity index (χ0n) is 10.6. The van der Waals surface area contributed by atoms with Crippen LogP contribution in [0.15, 0.2) is 40.9 Å². The first-order valence-corrected chi connectivity index (χ1v) is 6.71. The summed E-state index contributed by atoms with van der Waals surface area (Å²) in [5, 5.41) is 11.8. The molecule has 0 aromatic heterocycles. The molecule has 1 N–H and O–H groups in total. The summed E-state index contributed by atoms with van der Waals surface area (Å²) < 4.78 is 27.1. The molecule has 2 aromatic carbocycles. The second-order valence-corrected chi connectivity index (χ2v) is 5.20. The molecule has 0 spiro atoms. The molecular weight excluding hydrogens is 326 g/mol. The lowest BCUT2D eigenvalue weighted by molar-refractivity contribution is 0.582. The van der Waals surface area contributed by atoms with Crippen molar-refractivity contribution in [3.05, 3.63) is 63.6 Å². The van der Waals surface area contributed by atoms with Crippen LogP contribution in [0.5, 0.6) is 0 Å². The van der Waals surface area contributed by atoms with E-state index in [0.29, 0.717) is 10.0 Å². The molecule has 0 aliphatic rings. The van der Waals surface area contributed by atoms with E-state index in [9.17, 15) is 8.78 Å². The van der Waals surface area contributed by atoms with Gasteiger partial charge in [0.2, 0.25) is 0 Å². The second kappa shape index (κ2) is 6.02. The molecule has 5 heteroatoms. The van der Waals surface area contributed by atoms with Crippen molar-refractivity contribution in [2.24, 2.45) is 0 Å². The van der Waals surface area contributed by atoms with E-state index < -0.39 is 11.6 Å². The highest BCUT2D eigenvalue weighted by Gasteiger charge is 2.13. The number of nitrogens with zero attached hydrogens (tertiary/aromatic N) is 1. The van der Waals surface area contributed by atoms with E-state index in [1.165, 1.54) is 6.07 Å². The summed E-state index contributed by atoms with van der Waals surface area (Å²) in [7, 11) is 0. The molecule has 0 saturated carbocycles. The molecule has 0 radical (unpaired) electrons. The summed E-state index contributed by atoms with van der Waals surface area (Å²) >= 11 is 3.13. The van der Waals surface area contributed by atoms with Gasteiger partial charge >= 0.3 is 0 Å². The Kier molecular flexibility index (Phi) is 4.35. The number of benzene rings is 2. The van der Waals surface area contributed by atoms with Crippen molar-refractivity contribution in [3.8, 4) is 6.07 Å². The van der Waals surface area contributed by atoms with E-state index in [1.54, 1.807) is 18.2 Å². The van der Waals surface area contributed by atoms with Crippen LogP contribution in [0.25, 0.3) is 0 Å². The minimum absolute atomic E-state index is 0.196. The molecule has 0 bridgehead atoms. The third kappa shape index (κ3) is 3.14. The van der Waals surface area contributed by atoms with E-state index >= 15 is 0 Å². The van der Waals surface area contributed by atoms with E-state index in [1.807, 2.05) is 13.0 Å². The van der Waals surface area contributed by atoms with Gasteiger partial charge in [-0.2, -0.15) is 5.26 Å². The van der Waals surface area contributed by atoms with Crippen LogP contribution in [-0.4, -0.2) is 0 Å². The minimum atomic E-state index is -0.667. The number of halogens is 3. The molecule has 102 valence electrons. The molecule has 0 fully saturated rings. The van der Waals surface area contributed by atoms with Crippen molar-refractivity contribution >= 4 is 21.6 Å². The van der Waals surface area contributed by atoms with Gasteiger partial charge in [-0.15, -0.1) is 0 Å². The average molecular weight is 337 g/mol. The molecule has 1 unspecified atom stereocenters. The van der Waals surface area contributed by atoms with Crippen molar-refractivity contribution in [1.82, 2.24) is 0 Å². The van der Waals surface area contributed by atoms with Crippen LogP contribution >= 0.6 is 15.9 Å². The Hall–Kier alpha value is -1.93. The summed E-state index contributed by atoms with van der Waals surface area (Å²) in [6, 6.07) is 10.9. The first-order chi connectivity index (χ1) is 9.51. The second-order valence-electron chi connectivity index (χ2n) is 4.35. The van der Waals surface area contributed by atoms with Crippen LogP contribution in [0.4, 0.5) is 14.5 Å². The smallest absolute Gasteiger partial charge is 0.150 e. The predicted octanol–water partition coefficient (Wildman–Crippen LogP) is 4.77. The zero-order valence-corrected chi connectivity index (χ0v) is 12.2. The fourth-order valence-corrected chi connectivity index (χ4v) is 2.38. The lowest BCUT2D eigenvalue weighted by Crippen LogP contribution is -2.09. The molecule has 2 nitrogen and oxygen atoms in total. The Labute approximate surface area is 124 Å². The average Bonchev–Trinajstić information content (AvgIpc) is 2.42. The van der Waals surface area contributed by atoms with Crippen molar-refractivity contribution < 1.29 is 8.78 Å². The van der Waals surface area contributed by atoms with E-state index in [4.69, 9.17) is 5.26 Å². The van der Waals surface area contributed by atoms with Gasteiger partial charge < -0.3 is 5.32 Å². The molecule has 2 aromatic rings.